The van der Waals surface area contributed by atoms with Crippen molar-refractivity contribution in [2.45, 2.75) is 18.1 Å². The van der Waals surface area contributed by atoms with E-state index < -0.39 is 24.3 Å². The number of rotatable bonds is 7. The molecule has 0 aliphatic heterocycles. The maximum atomic E-state index is 12.3. The SMILES string of the molecule is COC(=O)c1cnc(N)c(C(O)C(O)CNC(=O)OCC2c3ccccc3-c3ccccc32)c1. The quantitative estimate of drug-likeness (QED) is 0.391. The second kappa shape index (κ2) is 9.90. The highest BCUT2D eigenvalue weighted by Crippen LogP contribution is 2.44. The summed E-state index contributed by atoms with van der Waals surface area (Å²) in [5, 5.41) is 23.3. The maximum absolute atomic E-state index is 12.3. The molecule has 0 saturated heterocycles. The van der Waals surface area contributed by atoms with Crippen molar-refractivity contribution in [1.29, 1.82) is 0 Å². The summed E-state index contributed by atoms with van der Waals surface area (Å²) in [6, 6.07) is 17.3. The van der Waals surface area contributed by atoms with Crippen LogP contribution >= 0.6 is 0 Å². The van der Waals surface area contributed by atoms with Crippen LogP contribution in [-0.4, -0.2) is 53.6 Å². The Bertz CT molecular complexity index is 1170. The highest BCUT2D eigenvalue weighted by atomic mass is 16.5. The van der Waals surface area contributed by atoms with Crippen LogP contribution in [0.5, 0.6) is 0 Å². The Labute approximate surface area is 196 Å². The number of ether oxygens (including phenoxy) is 2. The van der Waals surface area contributed by atoms with E-state index in [0.717, 1.165) is 22.3 Å². The lowest BCUT2D eigenvalue weighted by atomic mass is 9.98. The zero-order valence-electron chi connectivity index (χ0n) is 18.5. The number of nitrogens with two attached hydrogens (primary N) is 1. The fourth-order valence-electron chi connectivity index (χ4n) is 4.11. The van der Waals surface area contributed by atoms with Crippen molar-refractivity contribution < 1.29 is 29.3 Å². The first-order valence-electron chi connectivity index (χ1n) is 10.7. The predicted octanol–water partition coefficient (Wildman–Crippen LogP) is 2.38. The van der Waals surface area contributed by atoms with E-state index in [1.54, 1.807) is 0 Å². The molecular formula is C25H25N3O6. The zero-order chi connectivity index (χ0) is 24.2. The van der Waals surface area contributed by atoms with Gasteiger partial charge in [0.05, 0.1) is 12.7 Å². The maximum Gasteiger partial charge on any atom is 0.407 e. The molecule has 0 fully saturated rings. The van der Waals surface area contributed by atoms with Crippen molar-refractivity contribution >= 4 is 17.9 Å². The minimum atomic E-state index is -1.49. The number of methoxy groups -OCH3 is 1. The molecule has 2 unspecified atom stereocenters. The monoisotopic (exact) mass is 463 g/mol. The predicted molar refractivity (Wildman–Crippen MR) is 124 cm³/mol. The van der Waals surface area contributed by atoms with Crippen LogP contribution in [0.4, 0.5) is 10.6 Å². The Kier molecular flexibility index (Phi) is 6.76. The molecule has 1 aromatic heterocycles. The minimum Gasteiger partial charge on any atom is -0.465 e. The Morgan fingerprint density at radius 3 is 2.32 bits per heavy atom. The third-order valence-corrected chi connectivity index (χ3v) is 5.85. The van der Waals surface area contributed by atoms with Gasteiger partial charge in [0, 0.05) is 24.2 Å². The molecule has 1 amide bonds. The summed E-state index contributed by atoms with van der Waals surface area (Å²) in [7, 11) is 1.21. The van der Waals surface area contributed by atoms with Gasteiger partial charge in [-0.25, -0.2) is 14.6 Å². The molecule has 1 heterocycles. The molecule has 3 aromatic rings. The third kappa shape index (κ3) is 4.57. The number of aliphatic hydroxyl groups excluding tert-OH is 2. The molecule has 0 saturated carbocycles. The van der Waals surface area contributed by atoms with Gasteiger partial charge in [-0.05, 0) is 28.3 Å². The molecular weight excluding hydrogens is 438 g/mol. The van der Waals surface area contributed by atoms with Crippen LogP contribution in [0.3, 0.4) is 0 Å². The average molecular weight is 463 g/mol. The minimum absolute atomic E-state index is 0.0461. The topological polar surface area (TPSA) is 144 Å². The van der Waals surface area contributed by atoms with Gasteiger partial charge in [-0.2, -0.15) is 0 Å². The molecule has 9 heteroatoms. The number of carbonyl (C=O) groups is 2. The first kappa shape index (κ1) is 23.2. The number of aromatic nitrogens is 1. The number of benzene rings is 2. The fourth-order valence-corrected chi connectivity index (χ4v) is 4.11. The van der Waals surface area contributed by atoms with Crippen LogP contribution in [0, 0.1) is 0 Å². The van der Waals surface area contributed by atoms with Crippen molar-refractivity contribution in [3.63, 3.8) is 0 Å². The van der Waals surface area contributed by atoms with E-state index >= 15 is 0 Å². The number of aliphatic hydroxyl groups is 2. The number of hydrogen-bond acceptors (Lipinski definition) is 8. The van der Waals surface area contributed by atoms with Crippen LogP contribution in [0.25, 0.3) is 11.1 Å². The van der Waals surface area contributed by atoms with E-state index in [9.17, 15) is 19.8 Å². The van der Waals surface area contributed by atoms with Crippen molar-refractivity contribution in [2.24, 2.45) is 0 Å². The van der Waals surface area contributed by atoms with Gasteiger partial charge < -0.3 is 30.7 Å². The lowest BCUT2D eigenvalue weighted by molar-refractivity contribution is 0.0187. The number of nitrogen functional groups attached to an aromatic ring is 1. The lowest BCUT2D eigenvalue weighted by Gasteiger charge is -2.20. The summed E-state index contributed by atoms with van der Waals surface area (Å²) in [5.41, 5.74) is 10.3. The standard InChI is InChI=1S/C25H25N3O6/c1-33-24(31)14-10-19(23(26)27-11-14)22(30)21(29)12-28-25(32)34-13-20-17-8-4-2-6-15(17)16-7-3-5-9-18(16)20/h2-11,20-22,29-30H,12-13H2,1H3,(H2,26,27)(H,28,32). The van der Waals surface area contributed by atoms with Crippen molar-refractivity contribution in [1.82, 2.24) is 10.3 Å². The molecule has 9 nitrogen and oxygen atoms in total. The number of nitrogens with zero attached hydrogens (tertiary/aromatic N) is 1. The fraction of sp³-hybridized carbons (Fsp3) is 0.240. The van der Waals surface area contributed by atoms with Gasteiger partial charge in [0.25, 0.3) is 0 Å². The number of amides is 1. The summed E-state index contributed by atoms with van der Waals surface area (Å²) in [4.78, 5) is 27.9. The summed E-state index contributed by atoms with van der Waals surface area (Å²) < 4.78 is 10.0. The summed E-state index contributed by atoms with van der Waals surface area (Å²) in [6.07, 6.45) is -2.44. The number of hydrogen-bond donors (Lipinski definition) is 4. The van der Waals surface area contributed by atoms with Crippen LogP contribution in [0.1, 0.15) is 39.1 Å². The largest absolute Gasteiger partial charge is 0.465 e. The summed E-state index contributed by atoms with van der Waals surface area (Å²) in [6.45, 7) is -0.184. The van der Waals surface area contributed by atoms with Crippen molar-refractivity contribution in [3.8, 4) is 11.1 Å². The second-order valence-electron chi connectivity index (χ2n) is 7.91. The molecule has 5 N–H and O–H groups in total. The Balaban J connectivity index is 1.36. The number of alkyl carbamates (subject to hydrolysis) is 1. The number of pyridine rings is 1. The van der Waals surface area contributed by atoms with E-state index in [1.807, 2.05) is 48.5 Å². The van der Waals surface area contributed by atoms with Gasteiger partial charge in [-0.3, -0.25) is 0 Å². The van der Waals surface area contributed by atoms with Gasteiger partial charge in [0.15, 0.2) is 0 Å². The van der Waals surface area contributed by atoms with E-state index in [1.165, 1.54) is 19.4 Å². The zero-order valence-corrected chi connectivity index (χ0v) is 18.5. The molecule has 34 heavy (non-hydrogen) atoms. The highest BCUT2D eigenvalue weighted by Gasteiger charge is 2.29. The first-order valence-corrected chi connectivity index (χ1v) is 10.7. The van der Waals surface area contributed by atoms with Crippen LogP contribution in [0.2, 0.25) is 0 Å². The van der Waals surface area contributed by atoms with Gasteiger partial charge in [-0.15, -0.1) is 0 Å². The third-order valence-electron chi connectivity index (χ3n) is 5.85. The molecule has 4 rings (SSSR count). The average Bonchev–Trinajstić information content (AvgIpc) is 3.19. The molecule has 1 aliphatic rings. The van der Waals surface area contributed by atoms with Gasteiger partial charge in [0.1, 0.15) is 24.6 Å². The number of carbonyl (C=O) groups excluding carboxylic acids is 2. The van der Waals surface area contributed by atoms with Gasteiger partial charge in [0.2, 0.25) is 0 Å². The number of nitrogens with one attached hydrogen (secondary N) is 1. The van der Waals surface area contributed by atoms with E-state index in [2.05, 4.69) is 15.0 Å². The molecule has 0 radical (unpaired) electrons. The Morgan fingerprint density at radius 1 is 1.09 bits per heavy atom. The van der Waals surface area contributed by atoms with Crippen LogP contribution in [0.15, 0.2) is 60.8 Å². The van der Waals surface area contributed by atoms with Crippen molar-refractivity contribution in [2.75, 3.05) is 26.0 Å². The molecule has 1 aliphatic carbocycles. The Hall–Kier alpha value is -3.95. The summed E-state index contributed by atoms with van der Waals surface area (Å²) in [5.74, 6) is -0.812. The number of fused-ring (bicyclic) bond motifs is 3. The molecule has 2 atom stereocenters. The van der Waals surface area contributed by atoms with Crippen LogP contribution < -0.4 is 11.1 Å². The smallest absolute Gasteiger partial charge is 0.407 e. The van der Waals surface area contributed by atoms with Gasteiger partial charge in [-0.1, -0.05) is 48.5 Å². The number of esters is 1. The molecule has 0 bridgehead atoms. The van der Waals surface area contributed by atoms with E-state index in [0.29, 0.717) is 0 Å². The molecule has 2 aromatic carbocycles. The lowest BCUT2D eigenvalue weighted by Crippen LogP contribution is -2.36. The summed E-state index contributed by atoms with van der Waals surface area (Å²) >= 11 is 0. The second-order valence-corrected chi connectivity index (χ2v) is 7.91. The van der Waals surface area contributed by atoms with E-state index in [4.69, 9.17) is 10.5 Å². The highest BCUT2D eigenvalue weighted by molar-refractivity contribution is 5.89. The Morgan fingerprint density at radius 2 is 1.71 bits per heavy atom. The van der Waals surface area contributed by atoms with E-state index in [-0.39, 0.29) is 36.0 Å². The number of anilines is 1. The normalized spacial score (nSPS) is 14.0. The first-order chi connectivity index (χ1) is 16.4. The van der Waals surface area contributed by atoms with Crippen LogP contribution in [-0.2, 0) is 9.47 Å². The molecule has 176 valence electrons. The molecule has 0 spiro atoms. The van der Waals surface area contributed by atoms with Gasteiger partial charge >= 0.3 is 12.1 Å². The van der Waals surface area contributed by atoms with Crippen molar-refractivity contribution in [3.05, 3.63) is 83.0 Å².